The summed E-state index contributed by atoms with van der Waals surface area (Å²) in [5, 5.41) is 10.4. The van der Waals surface area contributed by atoms with Crippen LogP contribution in [-0.4, -0.2) is 59.8 Å². The lowest BCUT2D eigenvalue weighted by atomic mass is 9.98. The number of hydrogen-bond donors (Lipinski definition) is 2. The Morgan fingerprint density at radius 2 is 1.50 bits per heavy atom. The number of aromatic amines is 1. The van der Waals surface area contributed by atoms with Crippen molar-refractivity contribution in [2.75, 3.05) is 20.8 Å². The monoisotopic (exact) mass is 604 g/mol. The van der Waals surface area contributed by atoms with Crippen molar-refractivity contribution in [3.8, 4) is 23.0 Å². The second kappa shape index (κ2) is 12.0. The Morgan fingerprint density at radius 3 is 1.95 bits per heavy atom. The summed E-state index contributed by atoms with van der Waals surface area (Å²) in [5.41, 5.74) is -4.98. The zero-order chi connectivity index (χ0) is 29.1. The topological polar surface area (TPSA) is 130 Å². The molecule has 4 atom stereocenters. The lowest BCUT2D eigenvalue weighted by Crippen LogP contribution is -2.50. The fraction of sp³-hybridized carbons (Fsp3) is 0.333. The van der Waals surface area contributed by atoms with Crippen LogP contribution in [0, 0.1) is 0 Å². The van der Waals surface area contributed by atoms with Crippen LogP contribution in [0.3, 0.4) is 0 Å². The predicted molar refractivity (Wildman–Crippen MR) is 139 cm³/mol. The average Bonchev–Trinajstić information content (AvgIpc) is 3.19. The van der Waals surface area contributed by atoms with Gasteiger partial charge in [-0.15, -0.1) is 0 Å². The molecule has 16 heteroatoms. The lowest BCUT2D eigenvalue weighted by Gasteiger charge is -2.32. The molecule has 1 aliphatic rings. The number of hydrogen-bond acceptors (Lipinski definition) is 10. The Balaban J connectivity index is 1.64. The summed E-state index contributed by atoms with van der Waals surface area (Å²) in [6.07, 6.45) is -9.58. The van der Waals surface area contributed by atoms with Gasteiger partial charge >= 0.3 is 12.4 Å². The Kier molecular flexibility index (Phi) is 8.90. The molecule has 216 valence electrons. The molecule has 1 fully saturated rings. The van der Waals surface area contributed by atoms with Gasteiger partial charge in [-0.1, -0.05) is 0 Å². The number of nitrogens with zero attached hydrogens (tertiary/aromatic N) is 1. The van der Waals surface area contributed by atoms with Crippen molar-refractivity contribution in [3.63, 3.8) is 0 Å². The van der Waals surface area contributed by atoms with Gasteiger partial charge in [-0.05, 0) is 48.5 Å². The minimum absolute atomic E-state index is 0.130. The van der Waals surface area contributed by atoms with E-state index in [1.54, 1.807) is 24.3 Å². The van der Waals surface area contributed by atoms with Crippen LogP contribution in [-0.2, 0) is 21.1 Å². The highest BCUT2D eigenvalue weighted by atomic mass is 32.5. The largest absolute Gasteiger partial charge is 0.497 e. The van der Waals surface area contributed by atoms with Crippen LogP contribution in [0.25, 0.3) is 0 Å². The molecule has 0 bridgehead atoms. The smallest absolute Gasteiger partial charge is 0.435 e. The summed E-state index contributed by atoms with van der Waals surface area (Å²) >= 11 is 5.49. The number of H-pyrrole nitrogens is 1. The molecule has 0 aliphatic carbocycles. The molecule has 2 aromatic carbocycles. The molecule has 0 spiro atoms. The zero-order valence-electron chi connectivity index (χ0n) is 20.9. The molecule has 0 radical (unpaired) electrons. The lowest BCUT2D eigenvalue weighted by molar-refractivity contribution is -0.183. The quantitative estimate of drug-likeness (QED) is 0.315. The number of aliphatic hydroxyl groups is 1. The molecule has 2 N–H and O–H groups in total. The van der Waals surface area contributed by atoms with Crippen molar-refractivity contribution >= 4 is 18.5 Å². The van der Waals surface area contributed by atoms with E-state index in [1.165, 1.54) is 38.5 Å². The van der Waals surface area contributed by atoms with E-state index in [2.05, 4.69) is 0 Å². The maximum Gasteiger partial charge on any atom is 0.435 e. The molecule has 0 saturated carbocycles. The summed E-state index contributed by atoms with van der Waals surface area (Å²) in [7, 11) is 2.91. The number of benzene rings is 2. The third-order valence-corrected chi connectivity index (χ3v) is 7.97. The van der Waals surface area contributed by atoms with Crippen LogP contribution in [0.15, 0.2) is 70.4 Å². The molecule has 4 unspecified atom stereocenters. The molecule has 11 nitrogen and oxygen atoms in total. The van der Waals surface area contributed by atoms with E-state index < -0.39 is 55.1 Å². The van der Waals surface area contributed by atoms with Crippen molar-refractivity contribution in [1.82, 2.24) is 9.55 Å². The van der Waals surface area contributed by atoms with E-state index in [0.717, 1.165) is 12.3 Å². The third-order valence-electron chi connectivity index (χ3n) is 5.90. The third kappa shape index (κ3) is 6.18. The number of aromatic nitrogens is 2. The van der Waals surface area contributed by atoms with E-state index in [9.17, 15) is 23.5 Å². The molecular weight excluding hydrogens is 580 g/mol. The van der Waals surface area contributed by atoms with Gasteiger partial charge in [0.1, 0.15) is 29.1 Å². The highest BCUT2D eigenvalue weighted by molar-refractivity contribution is 8.07. The van der Waals surface area contributed by atoms with Gasteiger partial charge in [-0.3, -0.25) is 18.9 Å². The second-order valence-electron chi connectivity index (χ2n) is 8.43. The normalized spacial score (nSPS) is 22.7. The number of ether oxygens (including phenoxy) is 3. The van der Waals surface area contributed by atoms with Crippen molar-refractivity contribution in [1.29, 1.82) is 0 Å². The number of methoxy groups -OCH3 is 2. The molecule has 0 amide bonds. The Labute approximate surface area is 230 Å². The minimum atomic E-state index is -4.03. The van der Waals surface area contributed by atoms with Gasteiger partial charge in [-0.2, -0.15) is 0 Å². The predicted octanol–water partition coefficient (Wildman–Crippen LogP) is 3.18. The van der Waals surface area contributed by atoms with Crippen LogP contribution >= 0.6 is 6.72 Å². The van der Waals surface area contributed by atoms with Crippen LogP contribution in [0.4, 0.5) is 13.2 Å². The molecule has 2 heterocycles. The second-order valence-corrected chi connectivity index (χ2v) is 11.3. The fourth-order valence-corrected chi connectivity index (χ4v) is 5.71. The average molecular weight is 604 g/mol. The summed E-state index contributed by atoms with van der Waals surface area (Å²) in [4.78, 5) is 25.5. The number of aliphatic hydroxyl groups excluding tert-OH is 1. The van der Waals surface area contributed by atoms with E-state index in [-0.39, 0.29) is 11.5 Å². The van der Waals surface area contributed by atoms with Gasteiger partial charge in [-0.25, -0.2) is 18.0 Å². The minimum Gasteiger partial charge on any atom is -0.497 e. The first-order valence-corrected chi connectivity index (χ1v) is 14.1. The number of nitrogens with one attached hydrogen (secondary N) is 1. The van der Waals surface area contributed by atoms with Crippen molar-refractivity contribution in [2.24, 2.45) is 0 Å². The molecular formula is C24H24F3N2O9PS. The van der Waals surface area contributed by atoms with Crippen LogP contribution in [0.2, 0.25) is 0 Å². The first kappa shape index (κ1) is 29.6. The summed E-state index contributed by atoms with van der Waals surface area (Å²) in [6.45, 7) is -5.26. The standard InChI is InChI=1S/C24H24F3N2O9PS/c1-33-14-3-7-16(8-4-14)37-39(40,38-17-9-5-15(34-2)6-10-17)35-13-24(22(26)27)20(25)19(31)21(36-24)29-12-11-18(30)28-23(29)32/h3-12,19-22,31H,13H2,1-2H3,(H,28,30,32). The van der Waals surface area contributed by atoms with Crippen LogP contribution in [0.5, 0.6) is 23.0 Å². The first-order valence-electron chi connectivity index (χ1n) is 11.5. The maximum atomic E-state index is 15.4. The molecule has 40 heavy (non-hydrogen) atoms. The van der Waals surface area contributed by atoms with Gasteiger partial charge in [0.2, 0.25) is 0 Å². The van der Waals surface area contributed by atoms with Crippen LogP contribution < -0.4 is 29.8 Å². The van der Waals surface area contributed by atoms with Gasteiger partial charge in [0.15, 0.2) is 18.0 Å². The van der Waals surface area contributed by atoms with Crippen molar-refractivity contribution in [2.45, 2.75) is 30.5 Å². The summed E-state index contributed by atoms with van der Waals surface area (Å²) < 4.78 is 77.4. The molecule has 4 rings (SSSR count). The Hall–Kier alpha value is -3.36. The van der Waals surface area contributed by atoms with E-state index in [1.807, 2.05) is 4.98 Å². The molecule has 3 aromatic rings. The Morgan fingerprint density at radius 1 is 1.00 bits per heavy atom. The van der Waals surface area contributed by atoms with Gasteiger partial charge in [0.25, 0.3) is 12.0 Å². The van der Waals surface area contributed by atoms with Gasteiger partial charge in [0, 0.05) is 24.1 Å². The van der Waals surface area contributed by atoms with E-state index >= 15 is 4.39 Å². The van der Waals surface area contributed by atoms with Crippen LogP contribution in [0.1, 0.15) is 6.23 Å². The maximum absolute atomic E-state index is 15.4. The summed E-state index contributed by atoms with van der Waals surface area (Å²) in [6, 6.07) is 12.9. The molecule has 1 aliphatic heterocycles. The zero-order valence-corrected chi connectivity index (χ0v) is 22.7. The number of rotatable bonds is 11. The molecule has 1 saturated heterocycles. The van der Waals surface area contributed by atoms with E-state index in [0.29, 0.717) is 16.1 Å². The SMILES string of the molecule is COc1ccc(OP(=S)(OCC2(C(F)F)OC(n3ccc(=O)[nH]c3=O)C(O)C2F)Oc2ccc(OC)cc2)cc1. The van der Waals surface area contributed by atoms with Gasteiger partial charge in [0.05, 0.1) is 20.8 Å². The van der Waals surface area contributed by atoms with E-state index in [4.69, 9.17) is 39.6 Å². The highest BCUT2D eigenvalue weighted by Gasteiger charge is 2.62. The number of alkyl halides is 3. The van der Waals surface area contributed by atoms with Crippen molar-refractivity contribution < 1.29 is 46.1 Å². The number of halogens is 3. The molecule has 1 aromatic heterocycles. The Bertz CT molecular complexity index is 1420. The van der Waals surface area contributed by atoms with Crippen molar-refractivity contribution in [3.05, 3.63) is 81.6 Å². The first-order chi connectivity index (χ1) is 19.0. The summed E-state index contributed by atoms with van der Waals surface area (Å²) in [5.74, 6) is 1.24. The highest BCUT2D eigenvalue weighted by Crippen LogP contribution is 2.53. The van der Waals surface area contributed by atoms with Gasteiger partial charge < -0.3 is 28.4 Å². The fourth-order valence-electron chi connectivity index (χ4n) is 3.77.